The summed E-state index contributed by atoms with van der Waals surface area (Å²) in [6.07, 6.45) is -4.75. The molecule has 0 bridgehead atoms. The maximum Gasteiger partial charge on any atom is 0.391 e. The van der Waals surface area contributed by atoms with Gasteiger partial charge in [0.05, 0.1) is 5.92 Å². The monoisotopic (exact) mass is 350 g/mol. The Balaban J connectivity index is 1.77. The highest BCUT2D eigenvalue weighted by Gasteiger charge is 2.53. The maximum atomic E-state index is 13.3. The molecule has 2 aromatic carbocycles. The molecule has 0 radical (unpaired) electrons. The first-order valence-corrected chi connectivity index (χ1v) is 8.18. The predicted molar refractivity (Wildman–Crippen MR) is 84.6 cm³/mol. The van der Waals surface area contributed by atoms with Crippen molar-refractivity contribution in [2.75, 3.05) is 0 Å². The number of phenolic OH excluding ortho intramolecular Hbond substituents is 2. The average molecular weight is 350 g/mol. The van der Waals surface area contributed by atoms with E-state index in [1.54, 1.807) is 18.2 Å². The number of benzene rings is 2. The molecule has 0 spiro atoms. The molecule has 2 N–H and O–H groups in total. The summed E-state index contributed by atoms with van der Waals surface area (Å²) in [6.45, 7) is 0. The molecule has 0 amide bonds. The fraction of sp³-hybridized carbons (Fsp3) is 0.368. The van der Waals surface area contributed by atoms with E-state index in [1.165, 1.54) is 24.3 Å². The molecule has 1 saturated carbocycles. The first-order chi connectivity index (χ1) is 11.8. The molecule has 3 nitrogen and oxygen atoms in total. The lowest BCUT2D eigenvalue weighted by Crippen LogP contribution is -2.27. The van der Waals surface area contributed by atoms with Gasteiger partial charge >= 0.3 is 6.18 Å². The van der Waals surface area contributed by atoms with Crippen molar-refractivity contribution in [3.63, 3.8) is 0 Å². The van der Waals surface area contributed by atoms with E-state index in [1.807, 2.05) is 0 Å². The van der Waals surface area contributed by atoms with Gasteiger partial charge in [-0.1, -0.05) is 12.1 Å². The van der Waals surface area contributed by atoms with Crippen molar-refractivity contribution in [3.8, 4) is 17.2 Å². The van der Waals surface area contributed by atoms with Crippen molar-refractivity contribution in [2.24, 2.45) is 11.8 Å². The summed E-state index contributed by atoms with van der Waals surface area (Å²) in [5.74, 6) is -1.38. The van der Waals surface area contributed by atoms with Crippen molar-refractivity contribution in [2.45, 2.75) is 31.0 Å². The third-order valence-electron chi connectivity index (χ3n) is 5.33. The van der Waals surface area contributed by atoms with Gasteiger partial charge in [-0.2, -0.15) is 13.2 Å². The normalized spacial score (nSPS) is 28.1. The third kappa shape index (κ3) is 2.79. The van der Waals surface area contributed by atoms with Crippen LogP contribution in [0.2, 0.25) is 0 Å². The lowest BCUT2D eigenvalue weighted by atomic mass is 9.80. The van der Waals surface area contributed by atoms with Gasteiger partial charge in [0.1, 0.15) is 23.4 Å². The van der Waals surface area contributed by atoms with Gasteiger partial charge in [0.15, 0.2) is 0 Å². The van der Waals surface area contributed by atoms with Crippen molar-refractivity contribution >= 4 is 0 Å². The molecule has 6 heteroatoms. The fourth-order valence-corrected chi connectivity index (χ4v) is 4.17. The molecule has 2 aromatic rings. The predicted octanol–water partition coefficient (Wildman–Crippen LogP) is 4.90. The Kier molecular flexibility index (Phi) is 3.60. The van der Waals surface area contributed by atoms with E-state index in [0.29, 0.717) is 11.3 Å². The molecule has 4 atom stereocenters. The second kappa shape index (κ2) is 5.58. The minimum absolute atomic E-state index is 0.00254. The van der Waals surface area contributed by atoms with Gasteiger partial charge in [-0.05, 0) is 54.7 Å². The molecule has 1 fully saturated rings. The largest absolute Gasteiger partial charge is 0.508 e. The first kappa shape index (κ1) is 16.1. The van der Waals surface area contributed by atoms with Crippen molar-refractivity contribution < 1.29 is 28.1 Å². The second-order valence-electron chi connectivity index (χ2n) is 6.83. The molecule has 0 saturated heterocycles. The highest BCUT2D eigenvalue weighted by molar-refractivity contribution is 5.46. The van der Waals surface area contributed by atoms with Crippen LogP contribution < -0.4 is 4.74 Å². The van der Waals surface area contributed by atoms with E-state index >= 15 is 0 Å². The SMILES string of the molecule is Oc1ccc(C2Oc3ccc(O)cc3C3CC(C(F)(F)F)CC32)cc1. The highest BCUT2D eigenvalue weighted by Crippen LogP contribution is 2.58. The van der Waals surface area contributed by atoms with Crippen LogP contribution in [-0.2, 0) is 0 Å². The van der Waals surface area contributed by atoms with Gasteiger partial charge in [0.25, 0.3) is 0 Å². The number of ether oxygens (including phenoxy) is 1. The maximum absolute atomic E-state index is 13.3. The number of alkyl halides is 3. The Morgan fingerprint density at radius 2 is 1.60 bits per heavy atom. The summed E-state index contributed by atoms with van der Waals surface area (Å²) in [7, 11) is 0. The Morgan fingerprint density at radius 3 is 2.28 bits per heavy atom. The molecular weight excluding hydrogens is 333 g/mol. The van der Waals surface area contributed by atoms with Crippen LogP contribution in [0.3, 0.4) is 0 Å². The zero-order valence-electron chi connectivity index (χ0n) is 13.2. The number of fused-ring (bicyclic) bond motifs is 3. The number of hydrogen-bond donors (Lipinski definition) is 2. The quantitative estimate of drug-likeness (QED) is 0.769. The van der Waals surface area contributed by atoms with Crippen LogP contribution in [-0.4, -0.2) is 16.4 Å². The van der Waals surface area contributed by atoms with Crippen LogP contribution in [0.1, 0.15) is 36.0 Å². The van der Waals surface area contributed by atoms with Crippen molar-refractivity contribution in [3.05, 3.63) is 53.6 Å². The van der Waals surface area contributed by atoms with E-state index in [9.17, 15) is 23.4 Å². The summed E-state index contributed by atoms with van der Waals surface area (Å²) in [4.78, 5) is 0. The Morgan fingerprint density at radius 1 is 0.920 bits per heavy atom. The molecule has 132 valence electrons. The molecule has 4 rings (SSSR count). The summed E-state index contributed by atoms with van der Waals surface area (Å²) in [6, 6.07) is 11.0. The zero-order chi connectivity index (χ0) is 17.8. The smallest absolute Gasteiger partial charge is 0.391 e. The molecule has 1 heterocycles. The van der Waals surface area contributed by atoms with Crippen LogP contribution >= 0.6 is 0 Å². The second-order valence-corrected chi connectivity index (χ2v) is 6.83. The van der Waals surface area contributed by atoms with E-state index in [0.717, 1.165) is 5.56 Å². The molecule has 2 aliphatic rings. The topological polar surface area (TPSA) is 49.7 Å². The Hall–Kier alpha value is -2.37. The summed E-state index contributed by atoms with van der Waals surface area (Å²) < 4.78 is 46.0. The van der Waals surface area contributed by atoms with Crippen LogP contribution in [0.4, 0.5) is 13.2 Å². The molecule has 1 aliphatic carbocycles. The Bertz CT molecular complexity index is 785. The minimum Gasteiger partial charge on any atom is -0.508 e. The molecule has 0 aromatic heterocycles. The zero-order valence-corrected chi connectivity index (χ0v) is 13.2. The summed E-state index contributed by atoms with van der Waals surface area (Å²) in [5, 5.41) is 19.2. The molecular formula is C19H17F3O3. The van der Waals surface area contributed by atoms with Gasteiger partial charge in [-0.25, -0.2) is 0 Å². The molecule has 25 heavy (non-hydrogen) atoms. The standard InChI is InChI=1S/C19H17F3O3/c20-19(21,22)11-7-14-15-9-13(24)5-6-17(15)25-18(16(14)8-11)10-1-3-12(23)4-2-10/h1-6,9,11,14,16,18,23-24H,7-8H2. The van der Waals surface area contributed by atoms with Gasteiger partial charge < -0.3 is 14.9 Å². The van der Waals surface area contributed by atoms with Gasteiger partial charge in [-0.15, -0.1) is 0 Å². The fourth-order valence-electron chi connectivity index (χ4n) is 4.17. The number of hydrogen-bond acceptors (Lipinski definition) is 3. The number of phenols is 2. The van der Waals surface area contributed by atoms with Gasteiger partial charge in [0, 0.05) is 11.5 Å². The third-order valence-corrected chi connectivity index (χ3v) is 5.33. The molecule has 4 unspecified atom stereocenters. The summed E-state index contributed by atoms with van der Waals surface area (Å²) in [5.41, 5.74) is 1.39. The molecule has 1 aliphatic heterocycles. The van der Waals surface area contributed by atoms with E-state index in [2.05, 4.69) is 0 Å². The van der Waals surface area contributed by atoms with Crippen molar-refractivity contribution in [1.29, 1.82) is 0 Å². The van der Waals surface area contributed by atoms with E-state index in [-0.39, 0.29) is 36.2 Å². The van der Waals surface area contributed by atoms with Crippen LogP contribution in [0.25, 0.3) is 0 Å². The highest BCUT2D eigenvalue weighted by atomic mass is 19.4. The number of aromatic hydroxyl groups is 2. The van der Waals surface area contributed by atoms with Crippen LogP contribution in [0.5, 0.6) is 17.2 Å². The Labute approximate surface area is 142 Å². The van der Waals surface area contributed by atoms with E-state index in [4.69, 9.17) is 4.74 Å². The van der Waals surface area contributed by atoms with Crippen LogP contribution in [0.15, 0.2) is 42.5 Å². The van der Waals surface area contributed by atoms with Gasteiger partial charge in [-0.3, -0.25) is 0 Å². The number of rotatable bonds is 1. The van der Waals surface area contributed by atoms with Crippen LogP contribution in [0, 0.1) is 11.8 Å². The van der Waals surface area contributed by atoms with E-state index < -0.39 is 18.2 Å². The average Bonchev–Trinajstić information content (AvgIpc) is 3.01. The van der Waals surface area contributed by atoms with Gasteiger partial charge in [0.2, 0.25) is 0 Å². The minimum atomic E-state index is -4.24. The van der Waals surface area contributed by atoms with Crippen molar-refractivity contribution in [1.82, 2.24) is 0 Å². The lowest BCUT2D eigenvalue weighted by Gasteiger charge is -2.36. The number of halogens is 3. The summed E-state index contributed by atoms with van der Waals surface area (Å²) >= 11 is 0. The first-order valence-electron chi connectivity index (χ1n) is 8.18. The lowest BCUT2D eigenvalue weighted by molar-refractivity contribution is -0.173.